The molecule has 0 N–H and O–H groups in total. The molecule has 0 aromatic carbocycles. The van der Waals surface area contributed by atoms with Crippen LogP contribution >= 0.6 is 0 Å². The Balaban J connectivity index is 2.30. The number of nitrogens with zero attached hydrogens (tertiary/aromatic N) is 1. The topological polar surface area (TPSA) is 38.8 Å². The maximum Gasteiger partial charge on any atom is 0.222 e. The molecule has 1 aliphatic heterocycles. The highest BCUT2D eigenvalue weighted by Crippen LogP contribution is 2.21. The van der Waals surface area contributed by atoms with Crippen LogP contribution in [0.1, 0.15) is 40.0 Å². The summed E-state index contributed by atoms with van der Waals surface area (Å²) < 4.78 is 10.9. The van der Waals surface area contributed by atoms with Gasteiger partial charge in [0.1, 0.15) is 0 Å². The Hall–Kier alpha value is -0.610. The normalized spacial score (nSPS) is 20.6. The Morgan fingerprint density at radius 2 is 1.94 bits per heavy atom. The van der Waals surface area contributed by atoms with Crippen LogP contribution in [0.15, 0.2) is 0 Å². The zero-order valence-corrected chi connectivity index (χ0v) is 11.3. The molecular weight excluding hydrogens is 218 g/mol. The second-order valence-electron chi connectivity index (χ2n) is 4.45. The van der Waals surface area contributed by atoms with E-state index in [0.717, 1.165) is 25.9 Å². The van der Waals surface area contributed by atoms with E-state index < -0.39 is 0 Å². The highest BCUT2D eigenvalue weighted by atomic mass is 16.7. The van der Waals surface area contributed by atoms with Gasteiger partial charge in [-0.15, -0.1) is 0 Å². The highest BCUT2D eigenvalue weighted by Gasteiger charge is 2.28. The lowest BCUT2D eigenvalue weighted by Crippen LogP contribution is -2.30. The van der Waals surface area contributed by atoms with Crippen molar-refractivity contribution in [2.75, 3.05) is 26.3 Å². The van der Waals surface area contributed by atoms with Gasteiger partial charge in [0.05, 0.1) is 0 Å². The minimum atomic E-state index is -0.168. The van der Waals surface area contributed by atoms with Crippen molar-refractivity contribution in [2.45, 2.75) is 46.3 Å². The van der Waals surface area contributed by atoms with Gasteiger partial charge in [-0.2, -0.15) is 0 Å². The molecule has 1 unspecified atom stereocenters. The molecule has 4 heteroatoms. The molecule has 1 rings (SSSR count). The van der Waals surface area contributed by atoms with E-state index in [2.05, 4.69) is 6.92 Å². The van der Waals surface area contributed by atoms with E-state index >= 15 is 0 Å². The number of likely N-dealkylation sites (tertiary alicyclic amines) is 1. The summed E-state index contributed by atoms with van der Waals surface area (Å²) in [5, 5.41) is 0. The molecule has 0 aromatic heterocycles. The fraction of sp³-hybridized carbons (Fsp3) is 0.923. The summed E-state index contributed by atoms with van der Waals surface area (Å²) in [4.78, 5) is 13.7. The van der Waals surface area contributed by atoms with Crippen molar-refractivity contribution in [3.8, 4) is 0 Å². The Labute approximate surface area is 104 Å². The third kappa shape index (κ3) is 4.64. The van der Waals surface area contributed by atoms with Crippen molar-refractivity contribution in [3.63, 3.8) is 0 Å². The molecule has 0 aromatic rings. The van der Waals surface area contributed by atoms with Crippen molar-refractivity contribution in [2.24, 2.45) is 5.92 Å². The Morgan fingerprint density at radius 3 is 2.41 bits per heavy atom. The van der Waals surface area contributed by atoms with Crippen molar-refractivity contribution in [3.05, 3.63) is 0 Å². The maximum absolute atomic E-state index is 11.7. The standard InChI is InChI=1S/C13H25NO3/c1-4-11-9-12(15)14(10-11)8-7-13(16-5-2)17-6-3/h11,13H,4-10H2,1-3H3. The van der Waals surface area contributed by atoms with Gasteiger partial charge < -0.3 is 14.4 Å². The zero-order chi connectivity index (χ0) is 12.7. The molecule has 1 aliphatic rings. The van der Waals surface area contributed by atoms with Gasteiger partial charge in [-0.25, -0.2) is 0 Å². The fourth-order valence-corrected chi connectivity index (χ4v) is 2.19. The van der Waals surface area contributed by atoms with Crippen LogP contribution in [0.25, 0.3) is 0 Å². The van der Waals surface area contributed by atoms with Gasteiger partial charge >= 0.3 is 0 Å². The first-order valence-electron chi connectivity index (χ1n) is 6.72. The molecule has 17 heavy (non-hydrogen) atoms. The molecule has 0 bridgehead atoms. The van der Waals surface area contributed by atoms with E-state index in [1.165, 1.54) is 0 Å². The summed E-state index contributed by atoms with van der Waals surface area (Å²) >= 11 is 0. The van der Waals surface area contributed by atoms with Crippen LogP contribution in [0.4, 0.5) is 0 Å². The molecule has 1 heterocycles. The average molecular weight is 243 g/mol. The van der Waals surface area contributed by atoms with Crippen LogP contribution in [0, 0.1) is 5.92 Å². The van der Waals surface area contributed by atoms with E-state index in [4.69, 9.17) is 9.47 Å². The van der Waals surface area contributed by atoms with Gasteiger partial charge in [-0.1, -0.05) is 13.3 Å². The summed E-state index contributed by atoms with van der Waals surface area (Å²) in [6.45, 7) is 9.01. The lowest BCUT2D eigenvalue weighted by Gasteiger charge is -2.21. The van der Waals surface area contributed by atoms with Gasteiger partial charge in [0, 0.05) is 39.1 Å². The minimum absolute atomic E-state index is 0.168. The van der Waals surface area contributed by atoms with Gasteiger partial charge in [-0.05, 0) is 19.8 Å². The number of hydrogen-bond donors (Lipinski definition) is 0. The monoisotopic (exact) mass is 243 g/mol. The summed E-state index contributed by atoms with van der Waals surface area (Å²) in [7, 11) is 0. The predicted molar refractivity (Wildman–Crippen MR) is 66.6 cm³/mol. The number of carbonyl (C=O) groups excluding carboxylic acids is 1. The van der Waals surface area contributed by atoms with E-state index in [0.29, 0.717) is 25.6 Å². The second-order valence-corrected chi connectivity index (χ2v) is 4.45. The van der Waals surface area contributed by atoms with Gasteiger partial charge in [0.2, 0.25) is 5.91 Å². The molecule has 0 saturated carbocycles. The molecule has 1 amide bonds. The van der Waals surface area contributed by atoms with Crippen molar-refractivity contribution < 1.29 is 14.3 Å². The first-order valence-corrected chi connectivity index (χ1v) is 6.72. The van der Waals surface area contributed by atoms with Crippen LogP contribution in [0.3, 0.4) is 0 Å². The number of hydrogen-bond acceptors (Lipinski definition) is 3. The molecular formula is C13H25NO3. The zero-order valence-electron chi connectivity index (χ0n) is 11.3. The van der Waals surface area contributed by atoms with Crippen molar-refractivity contribution >= 4 is 5.91 Å². The second kappa shape index (κ2) is 7.67. The van der Waals surface area contributed by atoms with Crippen LogP contribution in [-0.2, 0) is 14.3 Å². The van der Waals surface area contributed by atoms with E-state index in [1.807, 2.05) is 18.7 Å². The predicted octanol–water partition coefficient (Wildman–Crippen LogP) is 2.03. The summed E-state index contributed by atoms with van der Waals surface area (Å²) in [5.74, 6) is 0.823. The summed E-state index contributed by atoms with van der Waals surface area (Å²) in [6.07, 6.45) is 2.40. The van der Waals surface area contributed by atoms with Crippen molar-refractivity contribution in [1.82, 2.24) is 4.90 Å². The minimum Gasteiger partial charge on any atom is -0.353 e. The Morgan fingerprint density at radius 1 is 1.29 bits per heavy atom. The molecule has 0 aliphatic carbocycles. The molecule has 100 valence electrons. The largest absolute Gasteiger partial charge is 0.353 e. The average Bonchev–Trinajstić information content (AvgIpc) is 2.68. The van der Waals surface area contributed by atoms with Crippen LogP contribution in [0.2, 0.25) is 0 Å². The SMILES string of the molecule is CCOC(CCN1CC(CC)CC1=O)OCC. The number of rotatable bonds is 8. The third-order valence-corrected chi connectivity index (χ3v) is 3.21. The molecule has 1 atom stereocenters. The van der Waals surface area contributed by atoms with E-state index in [-0.39, 0.29) is 12.2 Å². The Kier molecular flexibility index (Phi) is 6.52. The van der Waals surface area contributed by atoms with Gasteiger partial charge in [0.15, 0.2) is 6.29 Å². The smallest absolute Gasteiger partial charge is 0.222 e. The van der Waals surface area contributed by atoms with Gasteiger partial charge in [-0.3, -0.25) is 4.79 Å². The fourth-order valence-electron chi connectivity index (χ4n) is 2.19. The lowest BCUT2D eigenvalue weighted by atomic mass is 10.1. The molecule has 0 radical (unpaired) electrons. The van der Waals surface area contributed by atoms with Crippen LogP contribution in [-0.4, -0.2) is 43.4 Å². The first kappa shape index (κ1) is 14.5. The lowest BCUT2D eigenvalue weighted by molar-refractivity contribution is -0.144. The van der Waals surface area contributed by atoms with Crippen LogP contribution in [0.5, 0.6) is 0 Å². The quantitative estimate of drug-likeness (QED) is 0.612. The van der Waals surface area contributed by atoms with Crippen LogP contribution < -0.4 is 0 Å². The first-order chi connectivity index (χ1) is 8.21. The summed E-state index contributed by atoms with van der Waals surface area (Å²) in [5.41, 5.74) is 0. The van der Waals surface area contributed by atoms with E-state index in [9.17, 15) is 4.79 Å². The molecule has 0 spiro atoms. The summed E-state index contributed by atoms with van der Waals surface area (Å²) in [6, 6.07) is 0. The number of carbonyl (C=O) groups is 1. The number of amides is 1. The Bertz CT molecular complexity index is 227. The molecule has 1 fully saturated rings. The highest BCUT2D eigenvalue weighted by molar-refractivity contribution is 5.78. The van der Waals surface area contributed by atoms with Gasteiger partial charge in [0.25, 0.3) is 0 Å². The molecule has 4 nitrogen and oxygen atoms in total. The maximum atomic E-state index is 11.7. The third-order valence-electron chi connectivity index (χ3n) is 3.21. The molecule has 1 saturated heterocycles. The van der Waals surface area contributed by atoms with E-state index in [1.54, 1.807) is 0 Å². The number of ether oxygens (including phenoxy) is 2. The van der Waals surface area contributed by atoms with Crippen molar-refractivity contribution in [1.29, 1.82) is 0 Å².